The van der Waals surface area contributed by atoms with Crippen molar-refractivity contribution in [1.82, 2.24) is 10.4 Å². The van der Waals surface area contributed by atoms with Crippen LogP contribution in [0, 0.1) is 11.8 Å². The standard InChI is InChI=1S/C11H22N2O2S/c1-7-8(2)11(16(14)15)13(12-9(7)3)10-5-4-6-10/h7-12H,4-6H2,1-3H3,(H,14,15)/p-1. The molecule has 0 radical (unpaired) electrons. The third-order valence-electron chi connectivity index (χ3n) is 4.36. The van der Waals surface area contributed by atoms with E-state index in [0.29, 0.717) is 18.0 Å². The lowest BCUT2D eigenvalue weighted by molar-refractivity contribution is -0.0344. The van der Waals surface area contributed by atoms with Crippen molar-refractivity contribution in [3.8, 4) is 0 Å². The highest BCUT2D eigenvalue weighted by atomic mass is 32.2. The molecule has 2 aliphatic rings. The first-order valence-corrected chi connectivity index (χ1v) is 7.28. The molecule has 5 unspecified atom stereocenters. The Morgan fingerprint density at radius 3 is 2.31 bits per heavy atom. The maximum absolute atomic E-state index is 11.4. The Morgan fingerprint density at radius 1 is 1.25 bits per heavy atom. The summed E-state index contributed by atoms with van der Waals surface area (Å²) in [6.45, 7) is 6.31. The van der Waals surface area contributed by atoms with Crippen LogP contribution in [0.5, 0.6) is 0 Å². The predicted octanol–water partition coefficient (Wildman–Crippen LogP) is 1.22. The smallest absolute Gasteiger partial charge is 0.0894 e. The Balaban J connectivity index is 2.16. The van der Waals surface area contributed by atoms with Crippen molar-refractivity contribution in [2.45, 2.75) is 57.5 Å². The quantitative estimate of drug-likeness (QED) is 0.743. The fourth-order valence-corrected chi connectivity index (χ4v) is 3.66. The molecule has 0 aromatic heterocycles. The molecule has 94 valence electrons. The Morgan fingerprint density at radius 2 is 1.88 bits per heavy atom. The average molecular weight is 245 g/mol. The molecule has 5 heteroatoms. The molecular weight excluding hydrogens is 224 g/mol. The van der Waals surface area contributed by atoms with Crippen molar-refractivity contribution in [1.29, 1.82) is 0 Å². The fourth-order valence-electron chi connectivity index (χ4n) is 2.64. The molecule has 0 aromatic carbocycles. The maximum atomic E-state index is 11.4. The van der Waals surface area contributed by atoms with Gasteiger partial charge in [-0.1, -0.05) is 20.3 Å². The highest BCUT2D eigenvalue weighted by Crippen LogP contribution is 2.34. The molecule has 1 saturated heterocycles. The lowest BCUT2D eigenvalue weighted by Gasteiger charge is -2.52. The van der Waals surface area contributed by atoms with E-state index in [9.17, 15) is 8.76 Å². The van der Waals surface area contributed by atoms with E-state index in [2.05, 4.69) is 19.3 Å². The van der Waals surface area contributed by atoms with Gasteiger partial charge < -0.3 is 4.55 Å². The summed E-state index contributed by atoms with van der Waals surface area (Å²) >= 11 is -2.02. The minimum Gasteiger partial charge on any atom is -0.771 e. The first-order chi connectivity index (χ1) is 7.52. The Labute approximate surface area is 100 Å². The van der Waals surface area contributed by atoms with Crippen molar-refractivity contribution in [3.63, 3.8) is 0 Å². The number of nitrogens with one attached hydrogen (secondary N) is 1. The molecule has 0 amide bonds. The molecule has 16 heavy (non-hydrogen) atoms. The molecular formula is C11H21N2O2S-. The van der Waals surface area contributed by atoms with Crippen LogP contribution >= 0.6 is 0 Å². The van der Waals surface area contributed by atoms with Crippen LogP contribution in [0.3, 0.4) is 0 Å². The second-order valence-corrected chi connectivity index (χ2v) is 6.28. The zero-order valence-corrected chi connectivity index (χ0v) is 11.0. The number of nitrogens with zero attached hydrogens (tertiary/aromatic N) is 1. The number of hydrazine groups is 1. The van der Waals surface area contributed by atoms with E-state index in [1.54, 1.807) is 0 Å². The van der Waals surface area contributed by atoms with Crippen LogP contribution in [0.2, 0.25) is 0 Å². The second kappa shape index (κ2) is 4.72. The summed E-state index contributed by atoms with van der Waals surface area (Å²) in [6.07, 6.45) is 3.46. The maximum Gasteiger partial charge on any atom is 0.0894 e. The SMILES string of the molecule is CC1NN(C2CCC2)C(S(=O)[O-])C(C)C1C. The van der Waals surface area contributed by atoms with Crippen molar-refractivity contribution in [2.75, 3.05) is 0 Å². The topological polar surface area (TPSA) is 55.4 Å². The molecule has 1 N–H and O–H groups in total. The van der Waals surface area contributed by atoms with Gasteiger partial charge in [0.15, 0.2) is 0 Å². The molecule has 2 fully saturated rings. The first kappa shape index (κ1) is 12.5. The van der Waals surface area contributed by atoms with Gasteiger partial charge in [0.25, 0.3) is 0 Å². The lowest BCUT2D eigenvalue weighted by atomic mass is 9.85. The molecule has 1 aliphatic carbocycles. The van der Waals surface area contributed by atoms with Gasteiger partial charge in [0, 0.05) is 12.1 Å². The van der Waals surface area contributed by atoms with Gasteiger partial charge in [0.1, 0.15) is 0 Å². The summed E-state index contributed by atoms with van der Waals surface area (Å²) in [4.78, 5) is 0. The van der Waals surface area contributed by atoms with Gasteiger partial charge in [0.2, 0.25) is 0 Å². The van der Waals surface area contributed by atoms with Crippen LogP contribution in [0.4, 0.5) is 0 Å². The summed E-state index contributed by atoms with van der Waals surface area (Å²) in [5, 5.41) is 1.64. The highest BCUT2D eigenvalue weighted by molar-refractivity contribution is 7.79. The summed E-state index contributed by atoms with van der Waals surface area (Å²) in [7, 11) is 0. The van der Waals surface area contributed by atoms with E-state index in [1.165, 1.54) is 6.42 Å². The lowest BCUT2D eigenvalue weighted by Crippen LogP contribution is -2.66. The van der Waals surface area contributed by atoms with Gasteiger partial charge in [0.05, 0.1) is 5.37 Å². The first-order valence-electron chi connectivity index (χ1n) is 6.15. The van der Waals surface area contributed by atoms with Crippen LogP contribution in [-0.2, 0) is 11.1 Å². The fraction of sp³-hybridized carbons (Fsp3) is 1.00. The number of hydrogen-bond acceptors (Lipinski definition) is 4. The molecule has 0 bridgehead atoms. The van der Waals surface area contributed by atoms with Crippen LogP contribution < -0.4 is 5.43 Å². The molecule has 0 aromatic rings. The number of rotatable bonds is 2. The van der Waals surface area contributed by atoms with Crippen LogP contribution in [0.15, 0.2) is 0 Å². The summed E-state index contributed by atoms with van der Waals surface area (Å²) in [5.41, 5.74) is 3.37. The van der Waals surface area contributed by atoms with E-state index >= 15 is 0 Å². The zero-order chi connectivity index (χ0) is 11.9. The highest BCUT2D eigenvalue weighted by Gasteiger charge is 2.42. The molecule has 1 saturated carbocycles. The monoisotopic (exact) mass is 245 g/mol. The van der Waals surface area contributed by atoms with Crippen molar-refractivity contribution >= 4 is 11.1 Å². The van der Waals surface area contributed by atoms with Gasteiger partial charge in [-0.3, -0.25) is 9.63 Å². The Hall–Kier alpha value is 0.0300. The molecule has 2 rings (SSSR count). The normalized spacial score (nSPS) is 44.0. The largest absolute Gasteiger partial charge is 0.771 e. The van der Waals surface area contributed by atoms with E-state index in [0.717, 1.165) is 12.8 Å². The summed E-state index contributed by atoms with van der Waals surface area (Å²) < 4.78 is 22.8. The van der Waals surface area contributed by atoms with Gasteiger partial charge in [-0.15, -0.1) is 0 Å². The van der Waals surface area contributed by atoms with Crippen molar-refractivity contribution in [3.05, 3.63) is 0 Å². The Bertz CT molecular complexity index is 283. The minimum atomic E-state index is -2.02. The third-order valence-corrected chi connectivity index (χ3v) is 5.41. The van der Waals surface area contributed by atoms with Crippen LogP contribution in [0.1, 0.15) is 40.0 Å². The zero-order valence-electron chi connectivity index (χ0n) is 10.2. The summed E-state index contributed by atoms with van der Waals surface area (Å²) in [5.74, 6) is 0.578. The number of hydrogen-bond donors (Lipinski definition) is 1. The van der Waals surface area contributed by atoms with Gasteiger partial charge in [-0.05, 0) is 42.7 Å². The molecule has 1 heterocycles. The molecule has 4 nitrogen and oxygen atoms in total. The predicted molar refractivity (Wildman–Crippen MR) is 63.1 cm³/mol. The van der Waals surface area contributed by atoms with Gasteiger partial charge in [-0.25, -0.2) is 5.01 Å². The molecule has 1 aliphatic heterocycles. The molecule has 0 spiro atoms. The van der Waals surface area contributed by atoms with Crippen molar-refractivity contribution in [2.24, 2.45) is 11.8 Å². The van der Waals surface area contributed by atoms with Crippen LogP contribution in [0.25, 0.3) is 0 Å². The average Bonchev–Trinajstić information content (AvgIpc) is 2.11. The minimum absolute atomic E-state index is 0.190. The van der Waals surface area contributed by atoms with Gasteiger partial charge >= 0.3 is 0 Å². The van der Waals surface area contributed by atoms with E-state index in [1.807, 2.05) is 11.9 Å². The third kappa shape index (κ3) is 2.06. The van der Waals surface area contributed by atoms with Crippen molar-refractivity contribution < 1.29 is 8.76 Å². The van der Waals surface area contributed by atoms with E-state index < -0.39 is 11.1 Å². The Kier molecular flexibility index (Phi) is 3.69. The molecule has 5 atom stereocenters. The van der Waals surface area contributed by atoms with Gasteiger partial charge in [-0.2, -0.15) is 0 Å². The van der Waals surface area contributed by atoms with Crippen LogP contribution in [-0.4, -0.2) is 31.2 Å². The summed E-state index contributed by atoms with van der Waals surface area (Å²) in [6, 6.07) is 0.774. The van der Waals surface area contributed by atoms with E-state index in [4.69, 9.17) is 0 Å². The second-order valence-electron chi connectivity index (χ2n) is 5.28. The van der Waals surface area contributed by atoms with E-state index in [-0.39, 0.29) is 11.3 Å².